The van der Waals surface area contributed by atoms with Crippen molar-refractivity contribution in [2.45, 2.75) is 25.3 Å². The summed E-state index contributed by atoms with van der Waals surface area (Å²) in [4.78, 5) is 28.5. The minimum absolute atomic E-state index is 0.00527. The van der Waals surface area contributed by atoms with E-state index in [1.165, 1.54) is 4.57 Å². The van der Waals surface area contributed by atoms with Crippen LogP contribution in [0.15, 0.2) is 15.7 Å². The van der Waals surface area contributed by atoms with Crippen molar-refractivity contribution in [3.63, 3.8) is 0 Å². The Morgan fingerprint density at radius 2 is 2.04 bits per heavy atom. The van der Waals surface area contributed by atoms with Gasteiger partial charge in [-0.3, -0.25) is 14.3 Å². The van der Waals surface area contributed by atoms with E-state index in [9.17, 15) is 22.4 Å². The number of aromatic nitrogens is 2. The van der Waals surface area contributed by atoms with E-state index in [1.54, 1.807) is 4.90 Å². The van der Waals surface area contributed by atoms with Gasteiger partial charge in [-0.15, -0.1) is 0 Å². The van der Waals surface area contributed by atoms with Gasteiger partial charge >= 0.3 is 5.69 Å². The van der Waals surface area contributed by atoms with Crippen LogP contribution in [0, 0.1) is 11.7 Å². The molecular weight excluding hydrogens is 411 g/mol. The summed E-state index contributed by atoms with van der Waals surface area (Å²) in [6.45, 7) is 1.17. The topological polar surface area (TPSA) is 104 Å². The van der Waals surface area contributed by atoms with E-state index >= 15 is 0 Å². The lowest BCUT2D eigenvalue weighted by atomic mass is 10.1. The number of benzene rings is 1. The maximum absolute atomic E-state index is 14.9. The number of sulfonamides is 1. The lowest BCUT2D eigenvalue weighted by Gasteiger charge is -2.23. The molecule has 0 radical (unpaired) electrons. The number of H-pyrrole nitrogens is 1. The number of nitrogens with one attached hydrogen (secondary N) is 2. The van der Waals surface area contributed by atoms with Gasteiger partial charge in [-0.05, 0) is 31.2 Å². The average molecular weight is 431 g/mol. The number of hydrogen-bond acceptors (Lipinski definition) is 5. The Morgan fingerprint density at radius 3 is 2.68 bits per heavy atom. The minimum Gasteiger partial charge on any atom is -0.368 e. The van der Waals surface area contributed by atoms with Crippen LogP contribution in [0.2, 0.25) is 5.02 Å². The largest absolute Gasteiger partial charge is 0.368 e. The minimum atomic E-state index is -3.30. The van der Waals surface area contributed by atoms with E-state index < -0.39 is 27.1 Å². The summed E-state index contributed by atoms with van der Waals surface area (Å²) in [7, 11) is -3.30. The highest BCUT2D eigenvalue weighted by Crippen LogP contribution is 2.41. The average Bonchev–Trinajstić information content (AvgIpc) is 3.32. The Bertz CT molecular complexity index is 1170. The van der Waals surface area contributed by atoms with E-state index in [0.717, 1.165) is 25.2 Å². The van der Waals surface area contributed by atoms with E-state index in [0.29, 0.717) is 19.5 Å². The molecule has 1 saturated carbocycles. The quantitative estimate of drug-likeness (QED) is 0.741. The molecule has 1 aliphatic carbocycles. The van der Waals surface area contributed by atoms with E-state index in [4.69, 9.17) is 11.6 Å². The molecule has 28 heavy (non-hydrogen) atoms. The fraction of sp³-hybridized carbons (Fsp3) is 0.529. The van der Waals surface area contributed by atoms with Crippen molar-refractivity contribution in [3.8, 4) is 0 Å². The van der Waals surface area contributed by atoms with Crippen LogP contribution in [0.1, 0.15) is 25.3 Å². The molecular formula is C17H20ClFN4O4S. The summed E-state index contributed by atoms with van der Waals surface area (Å²) in [5, 5.41) is 0.0917. The Kier molecular flexibility index (Phi) is 4.75. The zero-order valence-corrected chi connectivity index (χ0v) is 16.7. The van der Waals surface area contributed by atoms with Crippen molar-refractivity contribution in [2.75, 3.05) is 30.8 Å². The second-order valence-corrected chi connectivity index (χ2v) is 9.71. The van der Waals surface area contributed by atoms with Crippen LogP contribution in [0.25, 0.3) is 10.9 Å². The number of rotatable bonds is 5. The van der Waals surface area contributed by atoms with Crippen molar-refractivity contribution in [1.29, 1.82) is 0 Å². The number of anilines is 1. The molecule has 1 aliphatic heterocycles. The zero-order chi connectivity index (χ0) is 20.2. The van der Waals surface area contributed by atoms with Crippen molar-refractivity contribution < 1.29 is 12.8 Å². The summed E-state index contributed by atoms with van der Waals surface area (Å²) in [5.41, 5.74) is -0.806. The van der Waals surface area contributed by atoms with Crippen molar-refractivity contribution in [3.05, 3.63) is 37.7 Å². The molecule has 1 unspecified atom stereocenters. The summed E-state index contributed by atoms with van der Waals surface area (Å²) in [6, 6.07) is 1.07. The lowest BCUT2D eigenvalue weighted by Crippen LogP contribution is -2.32. The van der Waals surface area contributed by atoms with E-state index in [1.807, 2.05) is 0 Å². The molecule has 1 saturated heterocycles. The Labute approximate surface area is 165 Å². The molecule has 2 aliphatic rings. The molecule has 2 heterocycles. The molecule has 2 aromatic rings. The molecule has 0 bridgehead atoms. The smallest absolute Gasteiger partial charge is 0.329 e. The van der Waals surface area contributed by atoms with Crippen LogP contribution in [0.3, 0.4) is 0 Å². The Morgan fingerprint density at radius 1 is 1.32 bits per heavy atom. The third-order valence-electron chi connectivity index (χ3n) is 5.24. The molecule has 2 N–H and O–H groups in total. The van der Waals surface area contributed by atoms with E-state index in [-0.39, 0.29) is 40.1 Å². The first kappa shape index (κ1) is 19.4. The molecule has 1 aromatic heterocycles. The van der Waals surface area contributed by atoms with Crippen molar-refractivity contribution >= 4 is 38.2 Å². The summed E-state index contributed by atoms with van der Waals surface area (Å²) in [6.07, 6.45) is 3.36. The fourth-order valence-corrected chi connectivity index (χ4v) is 4.72. The van der Waals surface area contributed by atoms with Crippen molar-refractivity contribution in [2.24, 2.45) is 5.92 Å². The predicted molar refractivity (Wildman–Crippen MR) is 105 cm³/mol. The number of hydrogen-bond donors (Lipinski definition) is 2. The second kappa shape index (κ2) is 6.85. The highest BCUT2D eigenvalue weighted by molar-refractivity contribution is 7.88. The van der Waals surface area contributed by atoms with Crippen molar-refractivity contribution in [1.82, 2.24) is 14.3 Å². The molecule has 1 atom stereocenters. The number of halogens is 2. The molecule has 4 rings (SSSR count). The summed E-state index contributed by atoms with van der Waals surface area (Å²) >= 11 is 6.54. The standard InChI is InChI=1S/C17H20ClFN4O4S/c1-28(26,27)20-7-9-4-5-22(8-9)15-12(19)6-11-14(13(15)18)23(10-2-3-10)17(25)21-16(11)24/h6,9-10,20H,2-5,7-8H2,1H3,(H,21,24,25). The van der Waals surface area contributed by atoms with Gasteiger partial charge in [-0.2, -0.15) is 0 Å². The molecule has 0 spiro atoms. The molecule has 152 valence electrons. The molecule has 11 heteroatoms. The highest BCUT2D eigenvalue weighted by Gasteiger charge is 2.32. The zero-order valence-electron chi connectivity index (χ0n) is 15.2. The Balaban J connectivity index is 1.75. The van der Waals surface area contributed by atoms with Gasteiger partial charge in [0.1, 0.15) is 5.82 Å². The van der Waals surface area contributed by atoms with Crippen LogP contribution < -0.4 is 20.9 Å². The highest BCUT2D eigenvalue weighted by atomic mass is 35.5. The first-order chi connectivity index (χ1) is 13.2. The van der Waals surface area contributed by atoms with Gasteiger partial charge in [0.25, 0.3) is 5.56 Å². The van der Waals surface area contributed by atoms with Gasteiger partial charge in [0.05, 0.1) is 27.9 Å². The van der Waals surface area contributed by atoms with Gasteiger partial charge in [-0.25, -0.2) is 22.3 Å². The third-order valence-corrected chi connectivity index (χ3v) is 6.29. The fourth-order valence-electron chi connectivity index (χ4n) is 3.78. The van der Waals surface area contributed by atoms with Crippen LogP contribution in [-0.4, -0.2) is 43.9 Å². The lowest BCUT2D eigenvalue weighted by molar-refractivity contribution is 0.544. The molecule has 1 aromatic carbocycles. The second-order valence-electron chi connectivity index (χ2n) is 7.50. The monoisotopic (exact) mass is 430 g/mol. The van der Waals surface area contributed by atoms with Gasteiger partial charge in [0.2, 0.25) is 10.0 Å². The summed E-state index contributed by atoms with van der Waals surface area (Å²) < 4.78 is 41.4. The number of nitrogens with zero attached hydrogens (tertiary/aromatic N) is 2. The Hall–Kier alpha value is -1.91. The molecule has 0 amide bonds. The van der Waals surface area contributed by atoms with Crippen LogP contribution in [-0.2, 0) is 10.0 Å². The maximum Gasteiger partial charge on any atom is 0.329 e. The molecule has 2 fully saturated rings. The third kappa shape index (κ3) is 3.56. The normalized spacial score (nSPS) is 20.2. The van der Waals surface area contributed by atoms with Gasteiger partial charge < -0.3 is 4.90 Å². The maximum atomic E-state index is 14.9. The summed E-state index contributed by atoms with van der Waals surface area (Å²) in [5.74, 6) is -0.633. The van der Waals surface area contributed by atoms with Gasteiger partial charge in [-0.1, -0.05) is 11.6 Å². The van der Waals surface area contributed by atoms with Crippen LogP contribution in [0.4, 0.5) is 10.1 Å². The number of fused-ring (bicyclic) bond motifs is 1. The van der Waals surface area contributed by atoms with Crippen LogP contribution >= 0.6 is 11.6 Å². The first-order valence-electron chi connectivity index (χ1n) is 9.02. The first-order valence-corrected chi connectivity index (χ1v) is 11.3. The van der Waals surface area contributed by atoms with Crippen LogP contribution in [0.5, 0.6) is 0 Å². The van der Waals surface area contributed by atoms with Gasteiger partial charge in [0, 0.05) is 25.7 Å². The number of aromatic amines is 1. The predicted octanol–water partition coefficient (Wildman–Crippen LogP) is 1.19. The van der Waals surface area contributed by atoms with E-state index in [2.05, 4.69) is 9.71 Å². The van der Waals surface area contributed by atoms with Gasteiger partial charge in [0.15, 0.2) is 0 Å². The molecule has 8 nitrogen and oxygen atoms in total. The SMILES string of the molecule is CS(=O)(=O)NCC1CCN(c2c(F)cc3c(=O)[nH]c(=O)n(C4CC4)c3c2Cl)C1.